The van der Waals surface area contributed by atoms with E-state index in [1.807, 2.05) is 14.0 Å². The molecule has 0 saturated heterocycles. The van der Waals surface area contributed by atoms with Gasteiger partial charge < -0.3 is 5.32 Å². The number of rotatable bonds is 4. The van der Waals surface area contributed by atoms with Gasteiger partial charge in [-0.3, -0.25) is 4.79 Å². The second-order valence-electron chi connectivity index (χ2n) is 2.93. The molecule has 0 aliphatic heterocycles. The van der Waals surface area contributed by atoms with E-state index < -0.39 is 0 Å². The molecule has 0 saturated carbocycles. The predicted molar refractivity (Wildman–Crippen MR) is 54.5 cm³/mol. The summed E-state index contributed by atoms with van der Waals surface area (Å²) in [4.78, 5) is 16.2. The van der Waals surface area contributed by atoms with E-state index in [4.69, 9.17) is 0 Å². The quantitative estimate of drug-likeness (QED) is 0.744. The van der Waals surface area contributed by atoms with Crippen LogP contribution < -0.4 is 5.32 Å². The zero-order valence-electron chi connectivity index (χ0n) is 8.18. The number of thiazole rings is 1. The van der Waals surface area contributed by atoms with Gasteiger partial charge in [-0.05, 0) is 14.0 Å². The lowest BCUT2D eigenvalue weighted by Crippen LogP contribution is -2.09. The van der Waals surface area contributed by atoms with Gasteiger partial charge in [-0.2, -0.15) is 0 Å². The van der Waals surface area contributed by atoms with Gasteiger partial charge in [-0.15, -0.1) is 11.3 Å². The molecule has 1 aromatic rings. The third-order valence-corrected chi connectivity index (χ3v) is 3.07. The van der Waals surface area contributed by atoms with Gasteiger partial charge in [0.1, 0.15) is 0 Å². The van der Waals surface area contributed by atoms with Crippen molar-refractivity contribution in [3.05, 3.63) is 15.6 Å². The van der Waals surface area contributed by atoms with Gasteiger partial charge in [-0.1, -0.05) is 0 Å². The van der Waals surface area contributed by atoms with Crippen molar-refractivity contribution in [3.63, 3.8) is 0 Å². The van der Waals surface area contributed by atoms with Crippen LogP contribution in [0, 0.1) is 6.92 Å². The highest BCUT2D eigenvalue weighted by Crippen LogP contribution is 2.18. The highest BCUT2D eigenvalue weighted by Gasteiger charge is 2.10. The van der Waals surface area contributed by atoms with E-state index in [2.05, 4.69) is 10.3 Å². The van der Waals surface area contributed by atoms with Crippen LogP contribution in [0.25, 0.3) is 0 Å². The van der Waals surface area contributed by atoms with E-state index in [-0.39, 0.29) is 5.78 Å². The first-order valence-corrected chi connectivity index (χ1v) is 5.08. The van der Waals surface area contributed by atoms with Crippen molar-refractivity contribution < 1.29 is 4.79 Å². The zero-order chi connectivity index (χ0) is 9.84. The molecule has 0 radical (unpaired) electrons. The smallest absolute Gasteiger partial charge is 0.171 e. The first-order chi connectivity index (χ1) is 6.15. The first kappa shape index (κ1) is 10.3. The van der Waals surface area contributed by atoms with E-state index in [0.717, 1.165) is 28.5 Å². The molecule has 0 aliphatic carbocycles. The number of hydrogen-bond acceptors (Lipinski definition) is 4. The van der Waals surface area contributed by atoms with E-state index in [1.54, 1.807) is 6.92 Å². The lowest BCUT2D eigenvalue weighted by atomic mass is 10.3. The van der Waals surface area contributed by atoms with Crippen molar-refractivity contribution in [3.8, 4) is 0 Å². The fourth-order valence-electron chi connectivity index (χ4n) is 1.12. The fourth-order valence-corrected chi connectivity index (χ4v) is 2.08. The van der Waals surface area contributed by atoms with Gasteiger partial charge in [0.05, 0.1) is 15.6 Å². The Bertz CT molecular complexity index is 307. The average Bonchev–Trinajstić information content (AvgIpc) is 2.43. The number of hydrogen-bond donors (Lipinski definition) is 1. The number of carbonyl (C=O) groups excluding carboxylic acids is 1. The maximum atomic E-state index is 11.1. The van der Waals surface area contributed by atoms with E-state index in [9.17, 15) is 4.79 Å². The van der Waals surface area contributed by atoms with Crippen LogP contribution in [0.1, 0.15) is 27.3 Å². The molecule has 1 heterocycles. The highest BCUT2D eigenvalue weighted by atomic mass is 32.1. The number of aromatic nitrogens is 1. The molecule has 4 heteroatoms. The van der Waals surface area contributed by atoms with Gasteiger partial charge in [0, 0.05) is 19.9 Å². The van der Waals surface area contributed by atoms with E-state index in [0.29, 0.717) is 0 Å². The second kappa shape index (κ2) is 4.48. The first-order valence-electron chi connectivity index (χ1n) is 4.27. The van der Waals surface area contributed by atoms with Crippen molar-refractivity contribution in [1.82, 2.24) is 10.3 Å². The number of aryl methyl sites for hydroxylation is 1. The van der Waals surface area contributed by atoms with Crippen LogP contribution in [0.4, 0.5) is 0 Å². The third-order valence-electron chi connectivity index (χ3n) is 1.75. The van der Waals surface area contributed by atoms with E-state index >= 15 is 0 Å². The largest absolute Gasteiger partial charge is 0.319 e. The summed E-state index contributed by atoms with van der Waals surface area (Å²) in [6, 6.07) is 0. The van der Waals surface area contributed by atoms with Crippen molar-refractivity contribution in [1.29, 1.82) is 0 Å². The van der Waals surface area contributed by atoms with Crippen LogP contribution in [-0.4, -0.2) is 24.4 Å². The average molecular weight is 198 g/mol. The molecule has 0 atom stereocenters. The lowest BCUT2D eigenvalue weighted by Gasteiger charge is -1.92. The summed E-state index contributed by atoms with van der Waals surface area (Å²) >= 11 is 1.51. The number of likely N-dealkylation sites (N-methyl/N-ethyl adjacent to an activating group) is 1. The molecule has 72 valence electrons. The molecule has 0 fully saturated rings. The monoisotopic (exact) mass is 198 g/mol. The molecule has 13 heavy (non-hydrogen) atoms. The number of Topliss-reactive ketones (excluding diaryl/α,β-unsaturated/α-hetero) is 1. The van der Waals surface area contributed by atoms with E-state index in [1.165, 1.54) is 11.3 Å². The van der Waals surface area contributed by atoms with Crippen molar-refractivity contribution >= 4 is 17.1 Å². The number of nitrogens with one attached hydrogen (secondary N) is 1. The number of nitrogens with zero attached hydrogens (tertiary/aromatic N) is 1. The molecule has 0 aliphatic rings. The van der Waals surface area contributed by atoms with Crippen molar-refractivity contribution in [2.24, 2.45) is 0 Å². The Morgan fingerprint density at radius 1 is 1.62 bits per heavy atom. The fraction of sp³-hybridized carbons (Fsp3) is 0.556. The zero-order valence-corrected chi connectivity index (χ0v) is 8.99. The van der Waals surface area contributed by atoms with Crippen LogP contribution in [0.3, 0.4) is 0 Å². The summed E-state index contributed by atoms with van der Waals surface area (Å²) in [5.74, 6) is 0.116. The highest BCUT2D eigenvalue weighted by molar-refractivity contribution is 7.13. The van der Waals surface area contributed by atoms with Gasteiger partial charge >= 0.3 is 0 Å². The molecule has 1 aromatic heterocycles. The standard InChI is InChI=1S/C9H14N2OS/c1-6-9(7(2)12)13-8(11-6)4-5-10-3/h10H,4-5H2,1-3H3. The van der Waals surface area contributed by atoms with Crippen molar-refractivity contribution in [2.75, 3.05) is 13.6 Å². The molecule has 0 spiro atoms. The molecule has 0 aromatic carbocycles. The van der Waals surface area contributed by atoms with Crippen molar-refractivity contribution in [2.45, 2.75) is 20.3 Å². The normalized spacial score (nSPS) is 10.4. The Morgan fingerprint density at radius 2 is 2.31 bits per heavy atom. The maximum absolute atomic E-state index is 11.1. The Hall–Kier alpha value is -0.740. The molecular weight excluding hydrogens is 184 g/mol. The molecule has 1 N–H and O–H groups in total. The van der Waals surface area contributed by atoms with Gasteiger partial charge in [-0.25, -0.2) is 4.98 Å². The summed E-state index contributed by atoms with van der Waals surface area (Å²) < 4.78 is 0. The van der Waals surface area contributed by atoms with Crippen LogP contribution in [0.15, 0.2) is 0 Å². The van der Waals surface area contributed by atoms with Crippen LogP contribution in [0.2, 0.25) is 0 Å². The van der Waals surface area contributed by atoms with Gasteiger partial charge in [0.2, 0.25) is 0 Å². The summed E-state index contributed by atoms with van der Waals surface area (Å²) in [5.41, 5.74) is 0.864. The second-order valence-corrected chi connectivity index (χ2v) is 4.02. The minimum atomic E-state index is 0.116. The number of carbonyl (C=O) groups is 1. The minimum absolute atomic E-state index is 0.116. The summed E-state index contributed by atoms with van der Waals surface area (Å²) in [6.07, 6.45) is 0.898. The van der Waals surface area contributed by atoms with Crippen LogP contribution >= 0.6 is 11.3 Å². The van der Waals surface area contributed by atoms with Gasteiger partial charge in [0.25, 0.3) is 0 Å². The Morgan fingerprint density at radius 3 is 2.77 bits per heavy atom. The maximum Gasteiger partial charge on any atom is 0.171 e. The summed E-state index contributed by atoms with van der Waals surface area (Å²) in [6.45, 7) is 4.38. The molecule has 0 bridgehead atoms. The molecular formula is C9H14N2OS. The Balaban J connectivity index is 2.76. The molecule has 1 rings (SSSR count). The minimum Gasteiger partial charge on any atom is -0.319 e. The van der Waals surface area contributed by atoms with Crippen LogP contribution in [-0.2, 0) is 6.42 Å². The summed E-state index contributed by atoms with van der Waals surface area (Å²) in [7, 11) is 1.91. The van der Waals surface area contributed by atoms with Gasteiger partial charge in [0.15, 0.2) is 5.78 Å². The SMILES string of the molecule is CNCCc1nc(C)c(C(C)=O)s1. The molecule has 0 unspecified atom stereocenters. The molecule has 0 amide bonds. The third kappa shape index (κ3) is 2.60. The van der Waals surface area contributed by atoms with Crippen LogP contribution in [0.5, 0.6) is 0 Å². The predicted octanol–water partition coefficient (Wildman–Crippen LogP) is 1.42. The topological polar surface area (TPSA) is 42.0 Å². The lowest BCUT2D eigenvalue weighted by molar-refractivity contribution is 0.102. The molecule has 3 nitrogen and oxygen atoms in total. The Labute approximate surface area is 82.2 Å². The summed E-state index contributed by atoms with van der Waals surface area (Å²) in [5, 5.41) is 4.09. The Kier molecular flexibility index (Phi) is 3.57. The number of ketones is 1.